The molecule has 4 rings (SSSR count). The molecule has 1 aromatic carbocycles. The van der Waals surface area contributed by atoms with Crippen molar-refractivity contribution >= 4 is 23.1 Å². The third-order valence-corrected chi connectivity index (χ3v) is 6.98. The number of fused-ring (bicyclic) bond motifs is 2. The van der Waals surface area contributed by atoms with Gasteiger partial charge in [-0.3, -0.25) is 14.7 Å². The van der Waals surface area contributed by atoms with Crippen molar-refractivity contribution in [1.29, 1.82) is 0 Å². The van der Waals surface area contributed by atoms with E-state index in [1.807, 2.05) is 17.9 Å². The van der Waals surface area contributed by atoms with Gasteiger partial charge in [0.15, 0.2) is 0 Å². The van der Waals surface area contributed by atoms with Crippen LogP contribution < -0.4 is 0 Å². The van der Waals surface area contributed by atoms with Gasteiger partial charge in [0.1, 0.15) is 0 Å². The van der Waals surface area contributed by atoms with Crippen LogP contribution >= 0.6 is 0 Å². The first-order valence-corrected chi connectivity index (χ1v) is 11.9. The van der Waals surface area contributed by atoms with Gasteiger partial charge in [0.2, 0.25) is 5.91 Å². The van der Waals surface area contributed by atoms with E-state index in [9.17, 15) is 4.79 Å². The summed E-state index contributed by atoms with van der Waals surface area (Å²) in [5.74, 6) is 0.534. The van der Waals surface area contributed by atoms with E-state index in [1.165, 1.54) is 22.0 Å². The molecule has 1 N–H and O–H groups in total. The molecule has 2 aromatic rings. The molecule has 0 radical (unpaired) electrons. The minimum atomic E-state index is -0.0328. The number of carbonyl (C=O) groups is 1. The summed E-state index contributed by atoms with van der Waals surface area (Å²) in [6.45, 7) is 9.96. The van der Waals surface area contributed by atoms with Gasteiger partial charge in [-0.15, -0.1) is 6.58 Å². The van der Waals surface area contributed by atoms with Gasteiger partial charge in [0.05, 0.1) is 12.3 Å². The number of aliphatic imine (C=N–C) groups is 1. The zero-order valence-corrected chi connectivity index (χ0v) is 19.8. The summed E-state index contributed by atoms with van der Waals surface area (Å²) in [7, 11) is 4.14. The Labute approximate surface area is 192 Å². The Bertz CT molecular complexity index is 978. The average Bonchev–Trinajstić information content (AvgIpc) is 3.20. The average molecular weight is 436 g/mol. The highest BCUT2D eigenvalue weighted by Crippen LogP contribution is 2.45. The minimum absolute atomic E-state index is 0.0328. The highest BCUT2D eigenvalue weighted by Gasteiger charge is 2.43. The first-order valence-electron chi connectivity index (χ1n) is 11.9. The number of aromatic nitrogens is 1. The topological polar surface area (TPSA) is 54.9 Å². The number of piperidine rings is 1. The van der Waals surface area contributed by atoms with E-state index in [0.29, 0.717) is 25.0 Å². The van der Waals surface area contributed by atoms with Crippen molar-refractivity contribution in [1.82, 2.24) is 19.7 Å². The van der Waals surface area contributed by atoms with Gasteiger partial charge in [0.25, 0.3) is 0 Å². The number of rotatable bonds is 9. The number of hydrogen-bond acceptors (Lipinski definition) is 4. The second-order valence-corrected chi connectivity index (χ2v) is 9.44. The van der Waals surface area contributed by atoms with E-state index >= 15 is 0 Å². The molecule has 1 aromatic heterocycles. The van der Waals surface area contributed by atoms with Crippen LogP contribution in [0.25, 0.3) is 10.9 Å². The smallest absolute Gasteiger partial charge is 0.232 e. The van der Waals surface area contributed by atoms with Gasteiger partial charge in [-0.25, -0.2) is 0 Å². The van der Waals surface area contributed by atoms with Crippen LogP contribution in [0.1, 0.15) is 36.8 Å². The van der Waals surface area contributed by atoms with Crippen LogP contribution in [0.5, 0.6) is 0 Å². The lowest BCUT2D eigenvalue weighted by Crippen LogP contribution is -2.53. The van der Waals surface area contributed by atoms with Crippen molar-refractivity contribution in [3.05, 3.63) is 48.2 Å². The summed E-state index contributed by atoms with van der Waals surface area (Å²) in [4.78, 5) is 28.1. The number of carbonyl (C=O) groups excluding carboxylic acids is 1. The maximum absolute atomic E-state index is 13.7. The first-order chi connectivity index (χ1) is 15.5. The number of amides is 1. The van der Waals surface area contributed by atoms with E-state index in [1.54, 1.807) is 6.34 Å². The maximum atomic E-state index is 13.7. The molecule has 6 nitrogen and oxygen atoms in total. The lowest BCUT2D eigenvalue weighted by atomic mass is 9.72. The quantitative estimate of drug-likeness (QED) is 0.373. The first kappa shape index (κ1) is 22.7. The zero-order valence-electron chi connectivity index (χ0n) is 19.8. The van der Waals surface area contributed by atoms with E-state index in [2.05, 4.69) is 64.8 Å². The highest BCUT2D eigenvalue weighted by atomic mass is 16.2. The van der Waals surface area contributed by atoms with Crippen LogP contribution in [0.2, 0.25) is 0 Å². The van der Waals surface area contributed by atoms with Crippen LogP contribution in [-0.2, 0) is 11.2 Å². The molecule has 0 unspecified atom stereocenters. The highest BCUT2D eigenvalue weighted by molar-refractivity contribution is 5.91. The lowest BCUT2D eigenvalue weighted by Gasteiger charge is -2.47. The molecule has 1 saturated heterocycles. The molecule has 1 aliphatic heterocycles. The van der Waals surface area contributed by atoms with Gasteiger partial charge < -0.3 is 14.8 Å². The number of hydrogen-bond donors (Lipinski definition) is 1. The molecule has 1 aliphatic carbocycles. The van der Waals surface area contributed by atoms with Crippen molar-refractivity contribution in [3.63, 3.8) is 0 Å². The molecule has 2 aliphatic rings. The normalized spacial score (nSPS) is 23.1. The number of H-pyrrole nitrogens is 1. The fraction of sp³-hybridized carbons (Fsp3) is 0.538. The van der Waals surface area contributed by atoms with Crippen molar-refractivity contribution in [3.8, 4) is 0 Å². The van der Waals surface area contributed by atoms with Crippen molar-refractivity contribution in [2.45, 2.75) is 38.1 Å². The van der Waals surface area contributed by atoms with Crippen molar-refractivity contribution in [2.24, 2.45) is 10.9 Å². The molecule has 0 bridgehead atoms. The monoisotopic (exact) mass is 435 g/mol. The second-order valence-electron chi connectivity index (χ2n) is 9.44. The third-order valence-electron chi connectivity index (χ3n) is 6.98. The SMILES string of the molecule is C=CCN1C[C@H](C(=O)N(C=NCC)CCCN(C)C)C[C@@H]2c3cccc4[nH]cc(c34)C[C@H]21. The summed E-state index contributed by atoms with van der Waals surface area (Å²) in [5.41, 5.74) is 4.00. The van der Waals surface area contributed by atoms with Gasteiger partial charge in [-0.1, -0.05) is 18.2 Å². The summed E-state index contributed by atoms with van der Waals surface area (Å²) in [6, 6.07) is 6.98. The number of nitrogens with zero attached hydrogens (tertiary/aromatic N) is 4. The Hall–Kier alpha value is -2.44. The molecule has 1 amide bonds. The molecular weight excluding hydrogens is 398 g/mol. The van der Waals surface area contributed by atoms with Gasteiger partial charge in [-0.05, 0) is 64.0 Å². The Kier molecular flexibility index (Phi) is 7.11. The van der Waals surface area contributed by atoms with Gasteiger partial charge in [-0.2, -0.15) is 0 Å². The Morgan fingerprint density at radius 3 is 2.94 bits per heavy atom. The number of likely N-dealkylation sites (tertiary alicyclic amines) is 1. The molecule has 3 atom stereocenters. The fourth-order valence-corrected chi connectivity index (χ4v) is 5.55. The predicted molar refractivity (Wildman–Crippen MR) is 132 cm³/mol. The van der Waals surface area contributed by atoms with E-state index in [4.69, 9.17) is 0 Å². The number of nitrogens with one attached hydrogen (secondary N) is 1. The summed E-state index contributed by atoms with van der Waals surface area (Å²) in [5, 5.41) is 1.37. The molecule has 2 heterocycles. The predicted octanol–water partition coefficient (Wildman–Crippen LogP) is 3.51. The van der Waals surface area contributed by atoms with Crippen LogP contribution in [0, 0.1) is 5.92 Å². The van der Waals surface area contributed by atoms with Crippen LogP contribution in [-0.4, -0.2) is 84.8 Å². The third kappa shape index (κ3) is 4.52. The van der Waals surface area contributed by atoms with Crippen LogP contribution in [0.4, 0.5) is 0 Å². The minimum Gasteiger partial charge on any atom is -0.361 e. The van der Waals surface area contributed by atoms with Gasteiger partial charge >= 0.3 is 0 Å². The lowest BCUT2D eigenvalue weighted by molar-refractivity contribution is -0.134. The Morgan fingerprint density at radius 1 is 1.34 bits per heavy atom. The largest absolute Gasteiger partial charge is 0.361 e. The summed E-state index contributed by atoms with van der Waals surface area (Å²) < 4.78 is 0. The number of benzene rings is 1. The molecule has 0 spiro atoms. The molecule has 172 valence electrons. The second kappa shape index (κ2) is 10.0. The fourth-order valence-electron chi connectivity index (χ4n) is 5.55. The van der Waals surface area contributed by atoms with E-state index < -0.39 is 0 Å². The Morgan fingerprint density at radius 2 is 2.19 bits per heavy atom. The maximum Gasteiger partial charge on any atom is 0.232 e. The standard InChI is InChI=1S/C26H37N5O/c1-5-11-30-17-20(26(32)31(18-27-6-2)13-8-12-29(3)4)14-22-21-9-7-10-23-25(21)19(16-28-23)15-24(22)30/h5,7,9-10,16,18,20,22,24,28H,1,6,8,11-15,17H2,2-4H3/t20-,22-,24-/m1/s1. The van der Waals surface area contributed by atoms with Crippen LogP contribution in [0.3, 0.4) is 0 Å². The molecular formula is C26H37N5O. The molecule has 1 fully saturated rings. The Balaban J connectivity index is 1.60. The molecule has 0 saturated carbocycles. The molecule has 6 heteroatoms. The summed E-state index contributed by atoms with van der Waals surface area (Å²) >= 11 is 0. The van der Waals surface area contributed by atoms with Gasteiger partial charge in [0, 0.05) is 55.2 Å². The zero-order chi connectivity index (χ0) is 22.7. The van der Waals surface area contributed by atoms with Crippen molar-refractivity contribution < 1.29 is 4.79 Å². The van der Waals surface area contributed by atoms with Crippen LogP contribution in [0.15, 0.2) is 42.0 Å². The van der Waals surface area contributed by atoms with Crippen molar-refractivity contribution in [2.75, 3.05) is 46.8 Å². The van der Waals surface area contributed by atoms with E-state index in [0.717, 1.165) is 38.9 Å². The number of aromatic amines is 1. The van der Waals surface area contributed by atoms with E-state index in [-0.39, 0.29) is 11.8 Å². The molecule has 32 heavy (non-hydrogen) atoms. The summed E-state index contributed by atoms with van der Waals surface area (Å²) in [6.07, 6.45) is 8.78.